The van der Waals surface area contributed by atoms with E-state index in [1.54, 1.807) is 0 Å². The van der Waals surface area contributed by atoms with E-state index in [9.17, 15) is 4.79 Å². The number of fused-ring (bicyclic) bond motifs is 1. The van der Waals surface area contributed by atoms with Gasteiger partial charge >= 0.3 is 0 Å². The van der Waals surface area contributed by atoms with Crippen molar-refractivity contribution < 1.29 is 4.79 Å². The number of amides is 1. The van der Waals surface area contributed by atoms with Crippen LogP contribution in [0.25, 0.3) is 0 Å². The highest BCUT2D eigenvalue weighted by atomic mass is 16.2. The Bertz CT molecular complexity index is 210. The topological polar surface area (TPSA) is 20.3 Å². The normalized spacial score (nSPS) is 39.2. The highest BCUT2D eigenvalue weighted by molar-refractivity contribution is 5.81. The molecule has 3 rings (SSSR count). The number of nitrogens with zero attached hydrogens (tertiary/aromatic N) is 1. The molecule has 2 heteroatoms. The molecule has 3 aliphatic rings. The Kier molecular flexibility index (Phi) is 1.29. The van der Waals surface area contributed by atoms with Gasteiger partial charge in [0.05, 0.1) is 0 Å². The molecule has 0 aromatic rings. The second-order valence-corrected chi connectivity index (χ2v) is 4.62. The predicted molar refractivity (Wildman–Crippen MR) is 45.5 cm³/mol. The van der Waals surface area contributed by atoms with Crippen LogP contribution in [0.15, 0.2) is 0 Å². The van der Waals surface area contributed by atoms with E-state index in [-0.39, 0.29) is 0 Å². The van der Waals surface area contributed by atoms with Crippen LogP contribution in [0.4, 0.5) is 0 Å². The van der Waals surface area contributed by atoms with Gasteiger partial charge in [-0.2, -0.15) is 0 Å². The SMILES string of the molecule is O=C(C1CC1)N1CC2CCC2C1. The lowest BCUT2D eigenvalue weighted by Gasteiger charge is -2.27. The fourth-order valence-corrected chi connectivity index (χ4v) is 2.53. The molecule has 0 radical (unpaired) electrons. The van der Waals surface area contributed by atoms with Gasteiger partial charge in [0.2, 0.25) is 5.91 Å². The zero-order valence-electron chi connectivity index (χ0n) is 7.33. The van der Waals surface area contributed by atoms with E-state index >= 15 is 0 Å². The van der Waals surface area contributed by atoms with Gasteiger partial charge in [-0.3, -0.25) is 4.79 Å². The lowest BCUT2D eigenvalue weighted by Crippen LogP contribution is -2.29. The summed E-state index contributed by atoms with van der Waals surface area (Å²) < 4.78 is 0. The van der Waals surface area contributed by atoms with Crippen molar-refractivity contribution >= 4 is 5.91 Å². The molecule has 0 aromatic heterocycles. The molecule has 2 atom stereocenters. The average Bonchev–Trinajstić information content (AvgIpc) is 2.80. The summed E-state index contributed by atoms with van der Waals surface area (Å²) in [6.07, 6.45) is 5.06. The molecule has 12 heavy (non-hydrogen) atoms. The molecule has 0 spiro atoms. The molecule has 2 unspecified atom stereocenters. The molecule has 1 aliphatic heterocycles. The maximum atomic E-state index is 11.7. The van der Waals surface area contributed by atoms with Crippen molar-refractivity contribution in [2.45, 2.75) is 25.7 Å². The van der Waals surface area contributed by atoms with Crippen LogP contribution in [0.3, 0.4) is 0 Å². The van der Waals surface area contributed by atoms with Gasteiger partial charge in [-0.05, 0) is 37.5 Å². The van der Waals surface area contributed by atoms with Gasteiger partial charge in [0.1, 0.15) is 0 Å². The molecule has 2 aliphatic carbocycles. The number of carbonyl (C=O) groups excluding carboxylic acids is 1. The summed E-state index contributed by atoms with van der Waals surface area (Å²) in [5.74, 6) is 2.66. The van der Waals surface area contributed by atoms with E-state index in [1.165, 1.54) is 12.8 Å². The first kappa shape index (κ1) is 6.93. The molecule has 0 bridgehead atoms. The van der Waals surface area contributed by atoms with Crippen LogP contribution in [-0.4, -0.2) is 23.9 Å². The van der Waals surface area contributed by atoms with Gasteiger partial charge in [-0.25, -0.2) is 0 Å². The summed E-state index contributed by atoms with van der Waals surface area (Å²) in [7, 11) is 0. The number of hydrogen-bond acceptors (Lipinski definition) is 1. The quantitative estimate of drug-likeness (QED) is 0.573. The van der Waals surface area contributed by atoms with Gasteiger partial charge in [0, 0.05) is 19.0 Å². The fraction of sp³-hybridized carbons (Fsp3) is 0.900. The van der Waals surface area contributed by atoms with Crippen LogP contribution < -0.4 is 0 Å². The molecule has 2 saturated carbocycles. The summed E-state index contributed by atoms with van der Waals surface area (Å²) in [6.45, 7) is 2.17. The zero-order valence-corrected chi connectivity index (χ0v) is 7.33. The minimum Gasteiger partial charge on any atom is -0.342 e. The van der Waals surface area contributed by atoms with Crippen LogP contribution in [0.2, 0.25) is 0 Å². The molecule has 1 saturated heterocycles. The van der Waals surface area contributed by atoms with Crippen molar-refractivity contribution in [3.63, 3.8) is 0 Å². The molecular weight excluding hydrogens is 150 g/mol. The van der Waals surface area contributed by atoms with Gasteiger partial charge < -0.3 is 4.90 Å². The Labute approximate surface area is 72.9 Å². The highest BCUT2D eigenvalue weighted by Gasteiger charge is 2.44. The van der Waals surface area contributed by atoms with Crippen molar-refractivity contribution in [3.05, 3.63) is 0 Å². The summed E-state index contributed by atoms with van der Waals surface area (Å²) in [5, 5.41) is 0. The number of rotatable bonds is 1. The molecular formula is C10H15NO. The van der Waals surface area contributed by atoms with Crippen molar-refractivity contribution in [2.75, 3.05) is 13.1 Å². The average molecular weight is 165 g/mol. The molecule has 1 amide bonds. The molecule has 0 aromatic carbocycles. The fourth-order valence-electron chi connectivity index (χ4n) is 2.53. The second-order valence-electron chi connectivity index (χ2n) is 4.62. The van der Waals surface area contributed by atoms with Gasteiger partial charge in [0.15, 0.2) is 0 Å². The van der Waals surface area contributed by atoms with E-state index in [1.807, 2.05) is 0 Å². The van der Waals surface area contributed by atoms with Crippen LogP contribution in [0.1, 0.15) is 25.7 Å². The van der Waals surface area contributed by atoms with Gasteiger partial charge in [0.25, 0.3) is 0 Å². The monoisotopic (exact) mass is 165 g/mol. The number of hydrogen-bond donors (Lipinski definition) is 0. The summed E-state index contributed by atoms with van der Waals surface area (Å²) >= 11 is 0. The minimum atomic E-state index is 0.433. The highest BCUT2D eigenvalue weighted by Crippen LogP contribution is 2.42. The molecule has 66 valence electrons. The lowest BCUT2D eigenvalue weighted by atomic mass is 9.77. The Morgan fingerprint density at radius 2 is 1.58 bits per heavy atom. The minimum absolute atomic E-state index is 0.433. The lowest BCUT2D eigenvalue weighted by molar-refractivity contribution is -0.131. The molecule has 1 heterocycles. The van der Waals surface area contributed by atoms with Crippen LogP contribution in [0, 0.1) is 17.8 Å². The Hall–Kier alpha value is -0.530. The third kappa shape index (κ3) is 0.900. The third-order valence-electron chi connectivity index (χ3n) is 3.72. The first-order valence-corrected chi connectivity index (χ1v) is 5.13. The number of likely N-dealkylation sites (tertiary alicyclic amines) is 1. The summed E-state index contributed by atoms with van der Waals surface area (Å²) in [5.41, 5.74) is 0. The summed E-state index contributed by atoms with van der Waals surface area (Å²) in [6, 6.07) is 0. The van der Waals surface area contributed by atoms with Crippen molar-refractivity contribution in [2.24, 2.45) is 17.8 Å². The van der Waals surface area contributed by atoms with Gasteiger partial charge in [-0.1, -0.05) is 0 Å². The van der Waals surface area contributed by atoms with E-state index < -0.39 is 0 Å². The zero-order chi connectivity index (χ0) is 8.13. The van der Waals surface area contributed by atoms with Crippen LogP contribution in [-0.2, 0) is 4.79 Å². The maximum Gasteiger partial charge on any atom is 0.225 e. The first-order valence-electron chi connectivity index (χ1n) is 5.13. The second kappa shape index (κ2) is 2.24. The first-order chi connectivity index (χ1) is 5.84. The predicted octanol–water partition coefficient (Wildman–Crippen LogP) is 1.26. The Morgan fingerprint density at radius 1 is 1.00 bits per heavy atom. The largest absolute Gasteiger partial charge is 0.342 e. The van der Waals surface area contributed by atoms with E-state index in [2.05, 4.69) is 4.90 Å². The van der Waals surface area contributed by atoms with Crippen molar-refractivity contribution in [1.29, 1.82) is 0 Å². The Balaban J connectivity index is 1.66. The van der Waals surface area contributed by atoms with Crippen molar-refractivity contribution in [3.8, 4) is 0 Å². The molecule has 3 fully saturated rings. The number of carbonyl (C=O) groups is 1. The van der Waals surface area contributed by atoms with Crippen molar-refractivity contribution in [1.82, 2.24) is 4.90 Å². The van der Waals surface area contributed by atoms with E-state index in [4.69, 9.17) is 0 Å². The van der Waals surface area contributed by atoms with Crippen LogP contribution >= 0.6 is 0 Å². The molecule has 0 N–H and O–H groups in total. The van der Waals surface area contributed by atoms with Gasteiger partial charge in [-0.15, -0.1) is 0 Å². The molecule has 2 nitrogen and oxygen atoms in total. The maximum absolute atomic E-state index is 11.7. The Morgan fingerprint density at radius 3 is 2.00 bits per heavy atom. The summed E-state index contributed by atoms with van der Waals surface area (Å²) in [4.78, 5) is 13.8. The smallest absolute Gasteiger partial charge is 0.225 e. The van der Waals surface area contributed by atoms with E-state index in [0.29, 0.717) is 11.8 Å². The standard InChI is InChI=1S/C10H15NO/c12-10(7-1-2-7)11-5-8-3-4-9(8)6-11/h7-9H,1-6H2. The van der Waals surface area contributed by atoms with Crippen LogP contribution in [0.5, 0.6) is 0 Å². The third-order valence-corrected chi connectivity index (χ3v) is 3.72. The van der Waals surface area contributed by atoms with E-state index in [0.717, 1.165) is 37.8 Å².